The molecular weight excluding hydrogens is 258 g/mol. The third-order valence-corrected chi connectivity index (χ3v) is 3.90. The van der Waals surface area contributed by atoms with Crippen LogP contribution in [0, 0.1) is 0 Å². The Balaban J connectivity index is 2.42. The first-order valence-electron chi connectivity index (χ1n) is 7.84. The molecule has 0 aliphatic heterocycles. The fraction of sp³-hybridized carbons (Fsp3) is 0.500. The summed E-state index contributed by atoms with van der Waals surface area (Å²) in [5, 5.41) is 0. The van der Waals surface area contributed by atoms with Gasteiger partial charge in [0.15, 0.2) is 0 Å². The zero-order valence-electron chi connectivity index (χ0n) is 13.9. The van der Waals surface area contributed by atoms with E-state index in [0.717, 1.165) is 42.3 Å². The van der Waals surface area contributed by atoms with E-state index in [9.17, 15) is 0 Å². The highest BCUT2D eigenvalue weighted by molar-refractivity contribution is 5.71. The van der Waals surface area contributed by atoms with Gasteiger partial charge in [-0.2, -0.15) is 0 Å². The number of nitrogens with two attached hydrogens (primary N) is 1. The highest BCUT2D eigenvalue weighted by Gasteiger charge is 2.17. The maximum Gasteiger partial charge on any atom is 0.131 e. The van der Waals surface area contributed by atoms with E-state index in [-0.39, 0.29) is 5.41 Å². The van der Waals surface area contributed by atoms with Gasteiger partial charge in [-0.1, -0.05) is 52.0 Å². The number of benzene rings is 1. The molecule has 0 aliphatic rings. The van der Waals surface area contributed by atoms with E-state index >= 15 is 0 Å². The molecule has 3 nitrogen and oxygen atoms in total. The highest BCUT2D eigenvalue weighted by Crippen LogP contribution is 2.29. The monoisotopic (exact) mass is 285 g/mol. The van der Waals surface area contributed by atoms with Crippen molar-refractivity contribution in [1.82, 2.24) is 9.55 Å². The molecule has 1 aromatic heterocycles. The molecule has 0 radical (unpaired) electrons. The lowest BCUT2D eigenvalue weighted by Gasteiger charge is -2.19. The number of nitrogens with zero attached hydrogens (tertiary/aromatic N) is 2. The minimum Gasteiger partial charge on any atom is -0.383 e. The quantitative estimate of drug-likeness (QED) is 0.904. The number of hydrogen-bond acceptors (Lipinski definition) is 2. The summed E-state index contributed by atoms with van der Waals surface area (Å²) in [4.78, 5) is 4.77. The van der Waals surface area contributed by atoms with Gasteiger partial charge in [0.25, 0.3) is 0 Å². The topological polar surface area (TPSA) is 43.8 Å². The van der Waals surface area contributed by atoms with Gasteiger partial charge in [-0.15, -0.1) is 0 Å². The van der Waals surface area contributed by atoms with Crippen LogP contribution in [0.4, 0.5) is 5.82 Å². The summed E-state index contributed by atoms with van der Waals surface area (Å²) in [6.45, 7) is 11.8. The third-order valence-electron chi connectivity index (χ3n) is 3.90. The number of rotatable bonds is 4. The fourth-order valence-corrected chi connectivity index (χ4v) is 2.62. The number of aromatic nitrogens is 2. The summed E-state index contributed by atoms with van der Waals surface area (Å²) in [6.07, 6.45) is 2.05. The number of hydrogen-bond donors (Lipinski definition) is 1. The maximum absolute atomic E-state index is 6.30. The van der Waals surface area contributed by atoms with Gasteiger partial charge in [0.05, 0.1) is 0 Å². The van der Waals surface area contributed by atoms with E-state index in [4.69, 9.17) is 10.7 Å². The molecule has 21 heavy (non-hydrogen) atoms. The number of nitrogen functional groups attached to an aromatic ring is 1. The van der Waals surface area contributed by atoms with Crippen LogP contribution in [0.15, 0.2) is 24.3 Å². The minimum atomic E-state index is 0.167. The van der Waals surface area contributed by atoms with Gasteiger partial charge in [-0.3, -0.25) is 0 Å². The summed E-state index contributed by atoms with van der Waals surface area (Å²) in [6, 6.07) is 8.63. The molecule has 0 bridgehead atoms. The van der Waals surface area contributed by atoms with Gasteiger partial charge in [0.1, 0.15) is 17.3 Å². The first kappa shape index (κ1) is 15.6. The van der Waals surface area contributed by atoms with E-state index in [2.05, 4.69) is 63.5 Å². The van der Waals surface area contributed by atoms with Crippen LogP contribution in [0.5, 0.6) is 0 Å². The van der Waals surface area contributed by atoms with Crippen molar-refractivity contribution in [3.05, 3.63) is 35.7 Å². The Morgan fingerprint density at radius 3 is 2.19 bits per heavy atom. The van der Waals surface area contributed by atoms with Crippen LogP contribution in [0.3, 0.4) is 0 Å². The lowest BCUT2D eigenvalue weighted by Crippen LogP contribution is -2.10. The molecule has 0 amide bonds. The van der Waals surface area contributed by atoms with Gasteiger partial charge in [-0.05, 0) is 24.3 Å². The van der Waals surface area contributed by atoms with E-state index in [1.54, 1.807) is 0 Å². The standard InChI is InChI=1S/C18H27N3/c1-6-8-15-20-16(17(19)21(15)7-2)13-9-11-14(12-10-13)18(3,4)5/h9-12H,6-8,19H2,1-5H3. The van der Waals surface area contributed by atoms with Crippen LogP contribution in [0.1, 0.15) is 52.4 Å². The van der Waals surface area contributed by atoms with Gasteiger partial charge in [-0.25, -0.2) is 4.98 Å². The second kappa shape index (κ2) is 5.92. The van der Waals surface area contributed by atoms with Crippen molar-refractivity contribution in [2.45, 2.75) is 59.4 Å². The molecule has 2 aromatic rings. The predicted octanol–water partition coefficient (Wildman–Crippen LogP) is 4.40. The fourth-order valence-electron chi connectivity index (χ4n) is 2.62. The van der Waals surface area contributed by atoms with Crippen LogP contribution in [0.25, 0.3) is 11.3 Å². The summed E-state index contributed by atoms with van der Waals surface area (Å²) in [7, 11) is 0. The molecule has 2 N–H and O–H groups in total. The van der Waals surface area contributed by atoms with Crippen LogP contribution >= 0.6 is 0 Å². The molecule has 3 heteroatoms. The SMILES string of the molecule is CCCc1nc(-c2ccc(C(C)(C)C)cc2)c(N)n1CC. The lowest BCUT2D eigenvalue weighted by atomic mass is 9.86. The van der Waals surface area contributed by atoms with E-state index < -0.39 is 0 Å². The Bertz CT molecular complexity index is 601. The number of aryl methyl sites for hydroxylation is 1. The van der Waals surface area contributed by atoms with Gasteiger partial charge < -0.3 is 10.3 Å². The van der Waals surface area contributed by atoms with Crippen LogP contribution in [-0.2, 0) is 18.4 Å². The van der Waals surface area contributed by atoms with Crippen molar-refractivity contribution >= 4 is 5.82 Å². The van der Waals surface area contributed by atoms with Gasteiger partial charge in [0, 0.05) is 18.5 Å². The average molecular weight is 285 g/mol. The normalized spacial score (nSPS) is 11.9. The van der Waals surface area contributed by atoms with Crippen molar-refractivity contribution < 1.29 is 0 Å². The van der Waals surface area contributed by atoms with E-state index in [1.807, 2.05) is 0 Å². The summed E-state index contributed by atoms with van der Waals surface area (Å²) < 4.78 is 2.12. The van der Waals surface area contributed by atoms with Crippen molar-refractivity contribution in [1.29, 1.82) is 0 Å². The average Bonchev–Trinajstić information content (AvgIpc) is 2.74. The molecule has 0 atom stereocenters. The Kier molecular flexibility index (Phi) is 4.40. The number of imidazole rings is 1. The lowest BCUT2D eigenvalue weighted by molar-refractivity contribution is 0.590. The summed E-state index contributed by atoms with van der Waals surface area (Å²) in [5.74, 6) is 1.87. The van der Waals surface area contributed by atoms with Crippen LogP contribution < -0.4 is 5.73 Å². The molecule has 0 unspecified atom stereocenters. The van der Waals surface area contributed by atoms with E-state index in [1.165, 1.54) is 5.56 Å². The van der Waals surface area contributed by atoms with Crippen molar-refractivity contribution in [3.8, 4) is 11.3 Å². The van der Waals surface area contributed by atoms with Crippen molar-refractivity contribution in [3.63, 3.8) is 0 Å². The molecule has 1 aromatic carbocycles. The highest BCUT2D eigenvalue weighted by atomic mass is 15.1. The van der Waals surface area contributed by atoms with Crippen molar-refractivity contribution in [2.24, 2.45) is 0 Å². The van der Waals surface area contributed by atoms with Crippen LogP contribution in [-0.4, -0.2) is 9.55 Å². The third kappa shape index (κ3) is 3.12. The first-order valence-corrected chi connectivity index (χ1v) is 7.84. The Morgan fingerprint density at radius 2 is 1.71 bits per heavy atom. The van der Waals surface area contributed by atoms with Crippen LogP contribution in [0.2, 0.25) is 0 Å². The minimum absolute atomic E-state index is 0.167. The molecule has 114 valence electrons. The molecule has 0 saturated heterocycles. The molecular formula is C18H27N3. The Morgan fingerprint density at radius 1 is 1.10 bits per heavy atom. The second-order valence-electron chi connectivity index (χ2n) is 6.58. The zero-order valence-corrected chi connectivity index (χ0v) is 13.9. The predicted molar refractivity (Wildman–Crippen MR) is 90.4 cm³/mol. The molecule has 0 aliphatic carbocycles. The Labute approximate surface area is 128 Å². The van der Waals surface area contributed by atoms with Gasteiger partial charge in [0.2, 0.25) is 0 Å². The van der Waals surface area contributed by atoms with Gasteiger partial charge >= 0.3 is 0 Å². The smallest absolute Gasteiger partial charge is 0.131 e. The summed E-state index contributed by atoms with van der Waals surface area (Å²) in [5.41, 5.74) is 9.81. The molecule has 2 rings (SSSR count). The largest absolute Gasteiger partial charge is 0.383 e. The Hall–Kier alpha value is -1.77. The van der Waals surface area contributed by atoms with Crippen molar-refractivity contribution in [2.75, 3.05) is 5.73 Å². The second-order valence-corrected chi connectivity index (χ2v) is 6.58. The van der Waals surface area contributed by atoms with E-state index in [0.29, 0.717) is 0 Å². The first-order chi connectivity index (χ1) is 9.88. The molecule has 0 saturated carbocycles. The number of anilines is 1. The maximum atomic E-state index is 6.30. The summed E-state index contributed by atoms with van der Waals surface area (Å²) >= 11 is 0. The molecule has 0 spiro atoms. The molecule has 0 fully saturated rings. The molecule has 1 heterocycles. The zero-order chi connectivity index (χ0) is 15.6.